The summed E-state index contributed by atoms with van der Waals surface area (Å²) < 4.78 is 0. The molecule has 1 aliphatic carbocycles. The maximum absolute atomic E-state index is 11.1. The number of hydrogen-bond acceptors (Lipinski definition) is 1. The van der Waals surface area contributed by atoms with Crippen molar-refractivity contribution in [1.29, 1.82) is 0 Å². The van der Waals surface area contributed by atoms with Gasteiger partial charge in [-0.05, 0) is 44.6 Å². The Bertz CT molecular complexity index is 271. The fourth-order valence-corrected chi connectivity index (χ4v) is 1.87. The fourth-order valence-electron chi connectivity index (χ4n) is 1.87. The third-order valence-corrected chi connectivity index (χ3v) is 2.68. The van der Waals surface area contributed by atoms with Crippen LogP contribution >= 0.6 is 0 Å². The SMILES string of the molecule is C=C/C=C/CCCCC1=CC(=O)CCC1. The van der Waals surface area contributed by atoms with Gasteiger partial charge < -0.3 is 0 Å². The average molecular weight is 204 g/mol. The first-order valence-corrected chi connectivity index (χ1v) is 5.83. The quantitative estimate of drug-likeness (QED) is 0.472. The number of hydrogen-bond donors (Lipinski definition) is 0. The fraction of sp³-hybridized carbons (Fsp3) is 0.500. The van der Waals surface area contributed by atoms with Gasteiger partial charge in [0.05, 0.1) is 0 Å². The number of carbonyl (C=O) groups excluding carboxylic acids is 1. The first-order valence-electron chi connectivity index (χ1n) is 5.83. The molecule has 1 heteroatoms. The molecule has 0 saturated carbocycles. The molecule has 0 saturated heterocycles. The Hall–Kier alpha value is -1.11. The minimum atomic E-state index is 0.322. The Morgan fingerprint density at radius 2 is 2.20 bits per heavy atom. The predicted octanol–water partition coefficient (Wildman–Crippen LogP) is 3.97. The molecule has 0 N–H and O–H groups in total. The number of unbranched alkanes of at least 4 members (excludes halogenated alkanes) is 2. The molecule has 0 aromatic heterocycles. The second kappa shape index (κ2) is 7.22. The number of rotatable bonds is 6. The van der Waals surface area contributed by atoms with Gasteiger partial charge in [-0.15, -0.1) is 0 Å². The number of carbonyl (C=O) groups is 1. The molecule has 1 nitrogen and oxygen atoms in total. The van der Waals surface area contributed by atoms with Gasteiger partial charge in [-0.2, -0.15) is 0 Å². The molecule has 0 aromatic carbocycles. The Morgan fingerprint density at radius 1 is 1.33 bits per heavy atom. The summed E-state index contributed by atoms with van der Waals surface area (Å²) in [5, 5.41) is 0. The van der Waals surface area contributed by atoms with Crippen molar-refractivity contribution in [2.24, 2.45) is 0 Å². The summed E-state index contributed by atoms with van der Waals surface area (Å²) in [6, 6.07) is 0. The van der Waals surface area contributed by atoms with Crippen LogP contribution in [0.3, 0.4) is 0 Å². The smallest absolute Gasteiger partial charge is 0.155 e. The highest BCUT2D eigenvalue weighted by Crippen LogP contribution is 2.20. The maximum Gasteiger partial charge on any atom is 0.155 e. The van der Waals surface area contributed by atoms with Crippen LogP contribution < -0.4 is 0 Å². The van der Waals surface area contributed by atoms with Crippen molar-refractivity contribution in [3.63, 3.8) is 0 Å². The largest absolute Gasteiger partial charge is 0.295 e. The van der Waals surface area contributed by atoms with Crippen LogP contribution in [0.15, 0.2) is 36.5 Å². The van der Waals surface area contributed by atoms with Crippen molar-refractivity contribution < 1.29 is 4.79 Å². The second-order valence-corrected chi connectivity index (χ2v) is 4.03. The summed E-state index contributed by atoms with van der Waals surface area (Å²) in [7, 11) is 0. The van der Waals surface area contributed by atoms with Crippen LogP contribution in [0.5, 0.6) is 0 Å². The molecule has 0 radical (unpaired) electrons. The van der Waals surface area contributed by atoms with E-state index in [1.807, 2.05) is 18.2 Å². The van der Waals surface area contributed by atoms with Crippen molar-refractivity contribution in [3.8, 4) is 0 Å². The van der Waals surface area contributed by atoms with Gasteiger partial charge in [0, 0.05) is 6.42 Å². The zero-order valence-electron chi connectivity index (χ0n) is 9.37. The molecule has 82 valence electrons. The Balaban J connectivity index is 2.12. The van der Waals surface area contributed by atoms with Crippen LogP contribution in [0.1, 0.15) is 44.9 Å². The summed E-state index contributed by atoms with van der Waals surface area (Å²) in [5.74, 6) is 0.322. The lowest BCUT2D eigenvalue weighted by molar-refractivity contribution is -0.115. The number of ketones is 1. The van der Waals surface area contributed by atoms with Crippen LogP contribution in [0, 0.1) is 0 Å². The number of allylic oxidation sites excluding steroid dienone is 5. The van der Waals surface area contributed by atoms with Gasteiger partial charge in [0.25, 0.3) is 0 Å². The first kappa shape index (κ1) is 12.0. The van der Waals surface area contributed by atoms with E-state index in [2.05, 4.69) is 12.7 Å². The molecule has 0 bridgehead atoms. The van der Waals surface area contributed by atoms with E-state index >= 15 is 0 Å². The summed E-state index contributed by atoms with van der Waals surface area (Å²) in [5.41, 5.74) is 1.36. The highest BCUT2D eigenvalue weighted by molar-refractivity contribution is 5.91. The lowest BCUT2D eigenvalue weighted by Crippen LogP contribution is -2.02. The van der Waals surface area contributed by atoms with E-state index in [9.17, 15) is 4.79 Å². The molecular formula is C14H20O. The van der Waals surface area contributed by atoms with E-state index in [-0.39, 0.29) is 0 Å². The van der Waals surface area contributed by atoms with E-state index in [1.54, 1.807) is 0 Å². The molecule has 0 spiro atoms. The van der Waals surface area contributed by atoms with Crippen LogP contribution in [0.25, 0.3) is 0 Å². The molecule has 0 heterocycles. The third-order valence-electron chi connectivity index (χ3n) is 2.68. The van der Waals surface area contributed by atoms with E-state index in [0.717, 1.165) is 32.1 Å². The van der Waals surface area contributed by atoms with Gasteiger partial charge in [0.15, 0.2) is 5.78 Å². The Morgan fingerprint density at radius 3 is 2.93 bits per heavy atom. The minimum Gasteiger partial charge on any atom is -0.295 e. The zero-order valence-corrected chi connectivity index (χ0v) is 9.37. The molecular weight excluding hydrogens is 184 g/mol. The zero-order chi connectivity index (χ0) is 10.9. The van der Waals surface area contributed by atoms with Crippen molar-refractivity contribution in [1.82, 2.24) is 0 Å². The molecule has 1 rings (SSSR count). The summed E-state index contributed by atoms with van der Waals surface area (Å²) >= 11 is 0. The van der Waals surface area contributed by atoms with Gasteiger partial charge in [0.2, 0.25) is 0 Å². The lowest BCUT2D eigenvalue weighted by atomic mass is 9.94. The third kappa shape index (κ3) is 5.36. The summed E-state index contributed by atoms with van der Waals surface area (Å²) in [4.78, 5) is 11.1. The topological polar surface area (TPSA) is 17.1 Å². The van der Waals surface area contributed by atoms with Crippen molar-refractivity contribution in [3.05, 3.63) is 36.5 Å². The molecule has 0 unspecified atom stereocenters. The van der Waals surface area contributed by atoms with Crippen LogP contribution in [-0.2, 0) is 4.79 Å². The first-order chi connectivity index (χ1) is 7.33. The summed E-state index contributed by atoms with van der Waals surface area (Å²) in [6.07, 6.45) is 15.4. The lowest BCUT2D eigenvalue weighted by Gasteiger charge is -2.11. The standard InChI is InChI=1S/C14H20O/c1-2-3-4-5-6-7-9-13-10-8-11-14(15)12-13/h2-4,12H,1,5-11H2/b4-3+. The predicted molar refractivity (Wildman–Crippen MR) is 64.7 cm³/mol. The van der Waals surface area contributed by atoms with E-state index < -0.39 is 0 Å². The Labute approximate surface area is 92.6 Å². The molecule has 0 fully saturated rings. The highest BCUT2D eigenvalue weighted by atomic mass is 16.1. The molecule has 1 aliphatic rings. The van der Waals surface area contributed by atoms with Crippen molar-refractivity contribution >= 4 is 5.78 Å². The second-order valence-electron chi connectivity index (χ2n) is 4.03. The molecule has 15 heavy (non-hydrogen) atoms. The molecule has 0 atom stereocenters. The van der Waals surface area contributed by atoms with Crippen LogP contribution in [0.4, 0.5) is 0 Å². The molecule has 0 amide bonds. The van der Waals surface area contributed by atoms with Gasteiger partial charge in [-0.25, -0.2) is 0 Å². The van der Waals surface area contributed by atoms with Gasteiger partial charge >= 0.3 is 0 Å². The van der Waals surface area contributed by atoms with Gasteiger partial charge in [-0.3, -0.25) is 4.79 Å². The average Bonchev–Trinajstić information content (AvgIpc) is 2.23. The van der Waals surface area contributed by atoms with E-state index in [0.29, 0.717) is 5.78 Å². The van der Waals surface area contributed by atoms with Gasteiger partial charge in [-0.1, -0.05) is 30.4 Å². The van der Waals surface area contributed by atoms with Crippen LogP contribution in [0.2, 0.25) is 0 Å². The van der Waals surface area contributed by atoms with Gasteiger partial charge in [0.1, 0.15) is 0 Å². The van der Waals surface area contributed by atoms with Crippen molar-refractivity contribution in [2.45, 2.75) is 44.9 Å². The van der Waals surface area contributed by atoms with Crippen molar-refractivity contribution in [2.75, 3.05) is 0 Å². The summed E-state index contributed by atoms with van der Waals surface area (Å²) in [6.45, 7) is 3.63. The van der Waals surface area contributed by atoms with E-state index in [4.69, 9.17) is 0 Å². The monoisotopic (exact) mass is 204 g/mol. The molecule has 0 aromatic rings. The Kier molecular flexibility index (Phi) is 5.76. The minimum absolute atomic E-state index is 0.322. The highest BCUT2D eigenvalue weighted by Gasteiger charge is 2.08. The van der Waals surface area contributed by atoms with E-state index in [1.165, 1.54) is 18.4 Å². The normalized spacial score (nSPS) is 16.8. The molecule has 0 aliphatic heterocycles. The maximum atomic E-state index is 11.1. The van der Waals surface area contributed by atoms with Crippen LogP contribution in [-0.4, -0.2) is 5.78 Å².